The second-order valence-electron chi connectivity index (χ2n) is 6.83. The molecule has 0 heterocycles. The third-order valence-corrected chi connectivity index (χ3v) is 7.25. The zero-order chi connectivity index (χ0) is 22.3. The number of benzene rings is 3. The standard InChI is InChI=1S/C23H23ClN2O3S2/c1-17-21(23(27)25-14-15-30-16-18-10-12-19(24)13-11-18)8-5-9-22(17)26-31(28,29)20-6-3-2-4-7-20/h2-13,26H,14-16H2,1H3,(H,25,27). The number of nitrogens with one attached hydrogen (secondary N) is 2. The lowest BCUT2D eigenvalue weighted by Gasteiger charge is -2.14. The van der Waals surface area contributed by atoms with Gasteiger partial charge in [-0.1, -0.05) is 48.0 Å². The molecule has 2 N–H and O–H groups in total. The van der Waals surface area contributed by atoms with Gasteiger partial charge < -0.3 is 5.32 Å². The number of rotatable bonds is 9. The van der Waals surface area contributed by atoms with E-state index in [1.807, 2.05) is 24.3 Å². The minimum absolute atomic E-state index is 0.168. The third-order valence-electron chi connectivity index (χ3n) is 4.59. The molecule has 0 aromatic heterocycles. The molecule has 3 aromatic carbocycles. The molecule has 3 rings (SSSR count). The fourth-order valence-electron chi connectivity index (χ4n) is 2.90. The van der Waals surface area contributed by atoms with Gasteiger partial charge in [-0.25, -0.2) is 8.42 Å². The molecule has 0 aliphatic carbocycles. The van der Waals surface area contributed by atoms with E-state index in [9.17, 15) is 13.2 Å². The van der Waals surface area contributed by atoms with Crippen LogP contribution < -0.4 is 10.0 Å². The average molecular weight is 475 g/mol. The molecule has 8 heteroatoms. The van der Waals surface area contributed by atoms with Crippen molar-refractivity contribution in [2.24, 2.45) is 0 Å². The first-order valence-electron chi connectivity index (χ1n) is 9.65. The number of anilines is 1. The minimum Gasteiger partial charge on any atom is -0.351 e. The monoisotopic (exact) mass is 474 g/mol. The number of thioether (sulfide) groups is 1. The molecule has 0 saturated carbocycles. The summed E-state index contributed by atoms with van der Waals surface area (Å²) in [6.45, 7) is 2.24. The van der Waals surface area contributed by atoms with Crippen molar-refractivity contribution >= 4 is 45.0 Å². The van der Waals surface area contributed by atoms with Crippen LogP contribution in [0.4, 0.5) is 5.69 Å². The summed E-state index contributed by atoms with van der Waals surface area (Å²) in [5.74, 6) is 1.36. The van der Waals surface area contributed by atoms with Crippen molar-refractivity contribution in [3.63, 3.8) is 0 Å². The molecule has 0 fully saturated rings. The van der Waals surface area contributed by atoms with Crippen molar-refractivity contribution in [3.8, 4) is 0 Å². The average Bonchev–Trinajstić information content (AvgIpc) is 2.76. The summed E-state index contributed by atoms with van der Waals surface area (Å²) in [4.78, 5) is 12.8. The van der Waals surface area contributed by atoms with Crippen molar-refractivity contribution in [3.05, 3.63) is 94.5 Å². The fourth-order valence-corrected chi connectivity index (χ4v) is 4.99. The topological polar surface area (TPSA) is 75.3 Å². The van der Waals surface area contributed by atoms with Crippen LogP contribution in [0, 0.1) is 6.92 Å². The highest BCUT2D eigenvalue weighted by atomic mass is 35.5. The summed E-state index contributed by atoms with van der Waals surface area (Å²) in [5, 5.41) is 3.61. The van der Waals surface area contributed by atoms with Crippen LogP contribution >= 0.6 is 23.4 Å². The predicted molar refractivity (Wildman–Crippen MR) is 128 cm³/mol. The zero-order valence-corrected chi connectivity index (χ0v) is 19.4. The highest BCUT2D eigenvalue weighted by Crippen LogP contribution is 2.22. The highest BCUT2D eigenvalue weighted by Gasteiger charge is 2.17. The molecule has 31 heavy (non-hydrogen) atoms. The Balaban J connectivity index is 1.56. The molecule has 0 aliphatic heterocycles. The lowest BCUT2D eigenvalue weighted by Crippen LogP contribution is -2.27. The quantitative estimate of drug-likeness (QED) is 0.422. The number of hydrogen-bond donors (Lipinski definition) is 2. The maximum Gasteiger partial charge on any atom is 0.261 e. The Labute approximate surface area is 192 Å². The van der Waals surface area contributed by atoms with E-state index < -0.39 is 10.0 Å². The second-order valence-corrected chi connectivity index (χ2v) is 10.1. The van der Waals surface area contributed by atoms with Gasteiger partial charge in [0, 0.05) is 28.6 Å². The normalized spacial score (nSPS) is 11.2. The number of carbonyl (C=O) groups excluding carboxylic acids is 1. The van der Waals surface area contributed by atoms with Crippen molar-refractivity contribution in [1.82, 2.24) is 5.32 Å². The Morgan fingerprint density at radius 2 is 1.68 bits per heavy atom. The van der Waals surface area contributed by atoms with E-state index in [2.05, 4.69) is 10.0 Å². The largest absolute Gasteiger partial charge is 0.351 e. The minimum atomic E-state index is -3.72. The SMILES string of the molecule is Cc1c(NS(=O)(=O)c2ccccc2)cccc1C(=O)NCCSCc1ccc(Cl)cc1. The Morgan fingerprint density at radius 3 is 2.39 bits per heavy atom. The van der Waals surface area contributed by atoms with Crippen molar-refractivity contribution in [1.29, 1.82) is 0 Å². The Kier molecular flexibility index (Phi) is 8.01. The van der Waals surface area contributed by atoms with Crippen molar-refractivity contribution in [2.75, 3.05) is 17.0 Å². The van der Waals surface area contributed by atoms with E-state index in [-0.39, 0.29) is 10.8 Å². The van der Waals surface area contributed by atoms with E-state index in [4.69, 9.17) is 11.6 Å². The van der Waals surface area contributed by atoms with Gasteiger partial charge in [-0.05, 0) is 54.4 Å². The molecule has 5 nitrogen and oxygen atoms in total. The molecule has 0 saturated heterocycles. The molecule has 0 aliphatic rings. The van der Waals surface area contributed by atoms with Gasteiger partial charge in [0.25, 0.3) is 15.9 Å². The van der Waals surface area contributed by atoms with E-state index in [1.54, 1.807) is 55.1 Å². The van der Waals surface area contributed by atoms with Gasteiger partial charge in [0.1, 0.15) is 0 Å². The van der Waals surface area contributed by atoms with Crippen LogP contribution in [0.1, 0.15) is 21.5 Å². The van der Waals surface area contributed by atoms with E-state index in [1.165, 1.54) is 17.7 Å². The van der Waals surface area contributed by atoms with E-state index in [0.29, 0.717) is 28.4 Å². The number of amides is 1. The lowest BCUT2D eigenvalue weighted by molar-refractivity contribution is 0.0955. The molecule has 0 bridgehead atoms. The van der Waals surface area contributed by atoms with Gasteiger partial charge in [-0.2, -0.15) is 11.8 Å². The summed E-state index contributed by atoms with van der Waals surface area (Å²) in [6.07, 6.45) is 0. The van der Waals surface area contributed by atoms with Crippen LogP contribution in [0.25, 0.3) is 0 Å². The first-order chi connectivity index (χ1) is 14.9. The fraction of sp³-hybridized carbons (Fsp3) is 0.174. The maximum atomic E-state index is 12.6. The summed E-state index contributed by atoms with van der Waals surface area (Å²) >= 11 is 7.60. The van der Waals surface area contributed by atoms with Crippen molar-refractivity contribution < 1.29 is 13.2 Å². The third kappa shape index (κ3) is 6.50. The molecule has 0 radical (unpaired) electrons. The smallest absolute Gasteiger partial charge is 0.261 e. The van der Waals surface area contributed by atoms with E-state index in [0.717, 1.165) is 11.5 Å². The second kappa shape index (κ2) is 10.7. The molecule has 0 unspecified atom stereocenters. The lowest BCUT2D eigenvalue weighted by atomic mass is 10.1. The van der Waals surface area contributed by atoms with Gasteiger partial charge in [0.15, 0.2) is 0 Å². The molecule has 1 amide bonds. The van der Waals surface area contributed by atoms with Gasteiger partial charge in [-0.15, -0.1) is 0 Å². The Bertz CT molecular complexity index is 1140. The molecule has 0 atom stereocenters. The number of carbonyl (C=O) groups is 1. The molecular formula is C23H23ClN2O3S2. The number of sulfonamides is 1. The molecule has 162 valence electrons. The summed E-state index contributed by atoms with van der Waals surface area (Å²) in [7, 11) is -3.72. The first-order valence-corrected chi connectivity index (χ1v) is 12.7. The van der Waals surface area contributed by atoms with Crippen LogP contribution in [0.2, 0.25) is 5.02 Å². The molecule has 0 spiro atoms. The van der Waals surface area contributed by atoms with Crippen LogP contribution in [0.5, 0.6) is 0 Å². The predicted octanol–water partition coefficient (Wildman–Crippen LogP) is 5.11. The van der Waals surface area contributed by atoms with Crippen LogP contribution in [-0.2, 0) is 15.8 Å². The van der Waals surface area contributed by atoms with Crippen LogP contribution in [0.3, 0.4) is 0 Å². The zero-order valence-electron chi connectivity index (χ0n) is 17.0. The van der Waals surface area contributed by atoms with Gasteiger partial charge in [-0.3, -0.25) is 9.52 Å². The Morgan fingerprint density at radius 1 is 0.968 bits per heavy atom. The summed E-state index contributed by atoms with van der Waals surface area (Å²) in [6, 6.07) is 20.8. The summed E-state index contributed by atoms with van der Waals surface area (Å²) < 4.78 is 27.8. The van der Waals surface area contributed by atoms with Gasteiger partial charge in [0.2, 0.25) is 0 Å². The number of halogens is 1. The van der Waals surface area contributed by atoms with Gasteiger partial charge >= 0.3 is 0 Å². The van der Waals surface area contributed by atoms with Gasteiger partial charge in [0.05, 0.1) is 10.6 Å². The summed E-state index contributed by atoms with van der Waals surface area (Å²) in [5.41, 5.74) is 2.58. The van der Waals surface area contributed by atoms with E-state index >= 15 is 0 Å². The highest BCUT2D eigenvalue weighted by molar-refractivity contribution is 7.98. The first kappa shape index (κ1) is 23.2. The van der Waals surface area contributed by atoms with Crippen LogP contribution in [0.15, 0.2) is 77.7 Å². The molecule has 3 aromatic rings. The molecular weight excluding hydrogens is 452 g/mol. The Hall–Kier alpha value is -2.48. The maximum absolute atomic E-state index is 12.6. The van der Waals surface area contributed by atoms with Crippen LogP contribution in [-0.4, -0.2) is 26.6 Å². The number of hydrogen-bond acceptors (Lipinski definition) is 4. The van der Waals surface area contributed by atoms with Crippen molar-refractivity contribution in [2.45, 2.75) is 17.6 Å².